The summed E-state index contributed by atoms with van der Waals surface area (Å²) in [4.78, 5) is 53.9. The summed E-state index contributed by atoms with van der Waals surface area (Å²) in [5, 5.41) is 5.48. The third-order valence-electron chi connectivity index (χ3n) is 5.41. The number of carbonyl (C=O) groups excluding carboxylic acids is 4. The van der Waals surface area contributed by atoms with Crippen LogP contribution in [0.5, 0.6) is 0 Å². The van der Waals surface area contributed by atoms with E-state index in [0.29, 0.717) is 26.4 Å². The van der Waals surface area contributed by atoms with Gasteiger partial charge in [-0.15, -0.1) is 0 Å². The average Bonchev–Trinajstić information content (AvgIpc) is 3.11. The summed E-state index contributed by atoms with van der Waals surface area (Å²) in [5.41, 5.74) is 0.287. The molecule has 2 rings (SSSR count). The number of hydrogen-bond donors (Lipinski definition) is 2. The van der Waals surface area contributed by atoms with E-state index in [1.165, 1.54) is 0 Å². The van der Waals surface area contributed by atoms with Gasteiger partial charge < -0.3 is 29.7 Å². The normalized spacial score (nSPS) is 17.7. The largest absolute Gasteiger partial charge is 0.460 e. The van der Waals surface area contributed by atoms with Crippen LogP contribution in [-0.2, 0) is 33.4 Å². The number of pyridine rings is 1. The van der Waals surface area contributed by atoms with Gasteiger partial charge in [0.2, 0.25) is 17.7 Å². The molecule has 11 nitrogen and oxygen atoms in total. The number of aromatic nitrogens is 1. The van der Waals surface area contributed by atoms with Gasteiger partial charge in [0.15, 0.2) is 0 Å². The van der Waals surface area contributed by atoms with E-state index in [1.807, 2.05) is 6.07 Å². The first-order valence-electron chi connectivity index (χ1n) is 12.2. The average molecular weight is 507 g/mol. The van der Waals surface area contributed by atoms with Gasteiger partial charge in [0.05, 0.1) is 44.8 Å². The number of nitrogens with zero attached hydrogens (tertiary/aromatic N) is 2. The molecule has 1 saturated heterocycles. The summed E-state index contributed by atoms with van der Waals surface area (Å²) >= 11 is 0. The highest BCUT2D eigenvalue weighted by Crippen LogP contribution is 2.36. The first kappa shape index (κ1) is 29.2. The first-order valence-corrected chi connectivity index (χ1v) is 12.2. The lowest BCUT2D eigenvalue weighted by atomic mass is 9.94. The molecular weight excluding hydrogens is 468 g/mol. The predicted molar refractivity (Wildman–Crippen MR) is 131 cm³/mol. The number of amides is 3. The van der Waals surface area contributed by atoms with E-state index in [-0.39, 0.29) is 62.1 Å². The van der Waals surface area contributed by atoms with Crippen molar-refractivity contribution in [1.29, 1.82) is 0 Å². The Bertz CT molecular complexity index is 873. The lowest BCUT2D eigenvalue weighted by molar-refractivity contribution is -0.154. The molecule has 0 radical (unpaired) electrons. The van der Waals surface area contributed by atoms with Gasteiger partial charge in [0, 0.05) is 45.4 Å². The zero-order chi connectivity index (χ0) is 26.6. The molecule has 1 aliphatic heterocycles. The van der Waals surface area contributed by atoms with Crippen LogP contribution in [-0.4, -0.2) is 85.7 Å². The molecule has 1 aromatic heterocycles. The minimum atomic E-state index is -0.542. The van der Waals surface area contributed by atoms with E-state index in [9.17, 15) is 19.2 Å². The van der Waals surface area contributed by atoms with Crippen LogP contribution in [0.1, 0.15) is 51.6 Å². The van der Waals surface area contributed by atoms with E-state index in [2.05, 4.69) is 15.6 Å². The number of nitrogens with one attached hydrogen (secondary N) is 2. The number of rotatable bonds is 14. The second kappa shape index (κ2) is 14.5. The molecule has 0 saturated carbocycles. The molecule has 1 aliphatic rings. The molecule has 2 atom stereocenters. The zero-order valence-corrected chi connectivity index (χ0v) is 21.6. The molecule has 0 aliphatic carbocycles. The molecule has 1 aromatic rings. The molecule has 0 spiro atoms. The van der Waals surface area contributed by atoms with Crippen LogP contribution >= 0.6 is 0 Å². The lowest BCUT2D eigenvalue weighted by Crippen LogP contribution is -2.36. The number of carbonyl (C=O) groups is 4. The fraction of sp³-hybridized carbons (Fsp3) is 0.640. The summed E-state index contributed by atoms with van der Waals surface area (Å²) in [5.74, 6) is -1.31. The van der Waals surface area contributed by atoms with Crippen molar-refractivity contribution >= 4 is 23.7 Å². The van der Waals surface area contributed by atoms with E-state index >= 15 is 0 Å². The molecular formula is C25H38N4O7. The third-order valence-corrected chi connectivity index (χ3v) is 5.41. The van der Waals surface area contributed by atoms with E-state index in [0.717, 1.165) is 5.56 Å². The van der Waals surface area contributed by atoms with Gasteiger partial charge in [-0.25, -0.2) is 0 Å². The van der Waals surface area contributed by atoms with Crippen LogP contribution in [0, 0.1) is 5.92 Å². The Balaban J connectivity index is 1.51. The van der Waals surface area contributed by atoms with Crippen molar-refractivity contribution in [2.24, 2.45) is 5.92 Å². The van der Waals surface area contributed by atoms with Crippen molar-refractivity contribution < 1.29 is 33.4 Å². The molecule has 11 heteroatoms. The molecule has 36 heavy (non-hydrogen) atoms. The molecule has 0 bridgehead atoms. The number of likely N-dealkylation sites (tertiary alicyclic amines) is 1. The zero-order valence-electron chi connectivity index (χ0n) is 21.6. The van der Waals surface area contributed by atoms with Crippen molar-refractivity contribution in [3.05, 3.63) is 30.1 Å². The number of hydrogen-bond acceptors (Lipinski definition) is 8. The standard InChI is InChI=1S/C25H38N4O7/c1-25(2,3)36-22(32)7-10-27-20(30)8-12-34-14-15-35-13-11-28-24(33)19-16-21(31)29(4)23(19)18-6-5-9-26-17-18/h5-6,9,17,19,23H,7-8,10-16H2,1-4H3,(H,27,30)(H,28,33)/t19-,23+/m0/s1. The van der Waals surface area contributed by atoms with Crippen LogP contribution < -0.4 is 10.6 Å². The Morgan fingerprint density at radius 1 is 1.06 bits per heavy atom. The van der Waals surface area contributed by atoms with Crippen molar-refractivity contribution in [1.82, 2.24) is 20.5 Å². The Morgan fingerprint density at radius 3 is 2.44 bits per heavy atom. The minimum Gasteiger partial charge on any atom is -0.460 e. The molecule has 0 aromatic carbocycles. The highest BCUT2D eigenvalue weighted by Gasteiger charge is 2.42. The van der Waals surface area contributed by atoms with Gasteiger partial charge in [-0.3, -0.25) is 24.2 Å². The lowest BCUT2D eigenvalue weighted by Gasteiger charge is -2.24. The van der Waals surface area contributed by atoms with Crippen molar-refractivity contribution in [2.45, 2.75) is 51.7 Å². The Hall–Kier alpha value is -3.05. The molecule has 2 heterocycles. The summed E-state index contributed by atoms with van der Waals surface area (Å²) in [6.07, 6.45) is 3.78. The fourth-order valence-electron chi connectivity index (χ4n) is 3.76. The van der Waals surface area contributed by atoms with E-state index in [4.69, 9.17) is 14.2 Å². The Kier molecular flexibility index (Phi) is 11.7. The highest BCUT2D eigenvalue weighted by atomic mass is 16.6. The molecule has 1 fully saturated rings. The molecule has 3 amide bonds. The van der Waals surface area contributed by atoms with E-state index < -0.39 is 11.5 Å². The van der Waals surface area contributed by atoms with Gasteiger partial charge in [-0.2, -0.15) is 0 Å². The minimum absolute atomic E-state index is 0.0749. The van der Waals surface area contributed by atoms with Crippen LogP contribution in [0.15, 0.2) is 24.5 Å². The van der Waals surface area contributed by atoms with Gasteiger partial charge in [0.25, 0.3) is 0 Å². The molecule has 200 valence electrons. The van der Waals surface area contributed by atoms with Gasteiger partial charge >= 0.3 is 5.97 Å². The summed E-state index contributed by atoms with van der Waals surface area (Å²) in [6, 6.07) is 3.31. The van der Waals surface area contributed by atoms with Gasteiger partial charge in [-0.1, -0.05) is 6.07 Å². The first-order chi connectivity index (χ1) is 17.1. The number of ether oxygens (including phenoxy) is 3. The monoisotopic (exact) mass is 506 g/mol. The number of esters is 1. The maximum Gasteiger partial charge on any atom is 0.308 e. The highest BCUT2D eigenvalue weighted by molar-refractivity contribution is 5.90. The summed E-state index contributed by atoms with van der Waals surface area (Å²) in [7, 11) is 1.70. The van der Waals surface area contributed by atoms with Gasteiger partial charge in [-0.05, 0) is 32.4 Å². The second-order valence-electron chi connectivity index (χ2n) is 9.50. The Labute approximate surface area is 212 Å². The topological polar surface area (TPSA) is 136 Å². The van der Waals surface area contributed by atoms with Crippen LogP contribution in [0.4, 0.5) is 0 Å². The van der Waals surface area contributed by atoms with Gasteiger partial charge in [0.1, 0.15) is 5.60 Å². The summed E-state index contributed by atoms with van der Waals surface area (Å²) < 4.78 is 16.0. The van der Waals surface area contributed by atoms with Crippen molar-refractivity contribution in [3.63, 3.8) is 0 Å². The van der Waals surface area contributed by atoms with Crippen molar-refractivity contribution in [2.75, 3.05) is 46.6 Å². The van der Waals surface area contributed by atoms with Crippen LogP contribution in [0.2, 0.25) is 0 Å². The van der Waals surface area contributed by atoms with Crippen LogP contribution in [0.3, 0.4) is 0 Å². The van der Waals surface area contributed by atoms with Crippen LogP contribution in [0.25, 0.3) is 0 Å². The second-order valence-corrected chi connectivity index (χ2v) is 9.50. The van der Waals surface area contributed by atoms with E-state index in [1.54, 1.807) is 51.2 Å². The molecule has 0 unspecified atom stereocenters. The third kappa shape index (κ3) is 10.3. The Morgan fingerprint density at radius 2 is 1.78 bits per heavy atom. The predicted octanol–water partition coefficient (Wildman–Crippen LogP) is 0.989. The quantitative estimate of drug-likeness (QED) is 0.282. The van der Waals surface area contributed by atoms with Crippen molar-refractivity contribution in [3.8, 4) is 0 Å². The maximum atomic E-state index is 12.7. The SMILES string of the molecule is CN1C(=O)C[C@H](C(=O)NCCOCCOCCC(=O)NCCC(=O)OC(C)(C)C)[C@H]1c1cccnc1. The maximum absolute atomic E-state index is 12.7. The fourth-order valence-corrected chi connectivity index (χ4v) is 3.76. The smallest absolute Gasteiger partial charge is 0.308 e. The molecule has 2 N–H and O–H groups in total. The summed E-state index contributed by atoms with van der Waals surface area (Å²) in [6.45, 7) is 7.06.